The van der Waals surface area contributed by atoms with Crippen molar-refractivity contribution in [3.05, 3.63) is 56.5 Å². The summed E-state index contributed by atoms with van der Waals surface area (Å²) in [5.74, 6) is -0.170. The highest BCUT2D eigenvalue weighted by molar-refractivity contribution is 7.12. The molecular formula is C15H18FNS. The quantitative estimate of drug-likeness (QED) is 0.878. The lowest BCUT2D eigenvalue weighted by Gasteiger charge is -2.17. The second-order valence-electron chi connectivity index (χ2n) is 4.69. The molecule has 1 aromatic heterocycles. The SMILES string of the molecule is CNC(c1cc(C)cc(F)c1)c1sc(C)cc1C. The number of aryl methyl sites for hydroxylation is 3. The number of nitrogens with one attached hydrogen (secondary N) is 1. The second-order valence-corrected chi connectivity index (χ2v) is 5.98. The highest BCUT2D eigenvalue weighted by atomic mass is 32.1. The van der Waals surface area contributed by atoms with Crippen LogP contribution in [0.4, 0.5) is 4.39 Å². The van der Waals surface area contributed by atoms with Crippen LogP contribution in [0.3, 0.4) is 0 Å². The maximum absolute atomic E-state index is 13.5. The highest BCUT2D eigenvalue weighted by Gasteiger charge is 2.17. The predicted molar refractivity (Wildman–Crippen MR) is 75.8 cm³/mol. The smallest absolute Gasteiger partial charge is 0.123 e. The first-order chi connectivity index (χ1) is 8.51. The Morgan fingerprint density at radius 1 is 1.11 bits per heavy atom. The molecule has 0 aliphatic carbocycles. The molecule has 0 spiro atoms. The second kappa shape index (κ2) is 5.21. The standard InChI is InChI=1S/C15H18FNS/c1-9-5-12(8-13(16)6-9)14(17-4)15-10(2)7-11(3)18-15/h5-8,14,17H,1-4H3. The van der Waals surface area contributed by atoms with Gasteiger partial charge in [-0.05, 0) is 62.7 Å². The van der Waals surface area contributed by atoms with Crippen molar-refractivity contribution in [3.8, 4) is 0 Å². The minimum absolute atomic E-state index is 0.0677. The molecule has 0 saturated carbocycles. The average molecular weight is 263 g/mol. The molecule has 0 radical (unpaired) electrons. The van der Waals surface area contributed by atoms with E-state index < -0.39 is 0 Å². The van der Waals surface area contributed by atoms with Gasteiger partial charge >= 0.3 is 0 Å². The zero-order valence-electron chi connectivity index (χ0n) is 11.2. The van der Waals surface area contributed by atoms with Gasteiger partial charge in [-0.3, -0.25) is 0 Å². The van der Waals surface area contributed by atoms with E-state index in [1.165, 1.54) is 15.3 Å². The summed E-state index contributed by atoms with van der Waals surface area (Å²) in [4.78, 5) is 2.55. The van der Waals surface area contributed by atoms with Gasteiger partial charge in [0.25, 0.3) is 0 Å². The van der Waals surface area contributed by atoms with Crippen LogP contribution in [-0.4, -0.2) is 7.05 Å². The fraction of sp³-hybridized carbons (Fsp3) is 0.333. The van der Waals surface area contributed by atoms with Crippen molar-refractivity contribution in [2.75, 3.05) is 7.05 Å². The summed E-state index contributed by atoms with van der Waals surface area (Å²) in [6, 6.07) is 7.46. The third-order valence-corrected chi connectivity index (χ3v) is 4.25. The fourth-order valence-electron chi connectivity index (χ4n) is 2.33. The summed E-state index contributed by atoms with van der Waals surface area (Å²) >= 11 is 1.77. The average Bonchev–Trinajstić information content (AvgIpc) is 2.58. The molecule has 0 aliphatic rings. The minimum Gasteiger partial charge on any atom is -0.309 e. The van der Waals surface area contributed by atoms with Gasteiger partial charge in [0, 0.05) is 9.75 Å². The summed E-state index contributed by atoms with van der Waals surface area (Å²) in [7, 11) is 1.92. The first kappa shape index (κ1) is 13.2. The highest BCUT2D eigenvalue weighted by Crippen LogP contribution is 2.32. The van der Waals surface area contributed by atoms with Crippen molar-refractivity contribution < 1.29 is 4.39 Å². The van der Waals surface area contributed by atoms with Crippen molar-refractivity contribution in [2.45, 2.75) is 26.8 Å². The number of thiophene rings is 1. The van der Waals surface area contributed by atoms with Gasteiger partial charge in [-0.2, -0.15) is 0 Å². The Hall–Kier alpha value is -1.19. The summed E-state index contributed by atoms with van der Waals surface area (Å²) < 4.78 is 13.5. The third kappa shape index (κ3) is 2.62. The molecule has 0 bridgehead atoms. The van der Waals surface area contributed by atoms with E-state index >= 15 is 0 Å². The van der Waals surface area contributed by atoms with Crippen LogP contribution in [-0.2, 0) is 0 Å². The van der Waals surface area contributed by atoms with Crippen molar-refractivity contribution in [3.63, 3.8) is 0 Å². The van der Waals surface area contributed by atoms with Crippen LogP contribution < -0.4 is 5.32 Å². The number of hydrogen-bond donors (Lipinski definition) is 1. The van der Waals surface area contributed by atoms with Gasteiger partial charge in [0.1, 0.15) is 5.82 Å². The lowest BCUT2D eigenvalue weighted by Crippen LogP contribution is -2.17. The van der Waals surface area contributed by atoms with E-state index in [4.69, 9.17) is 0 Å². The molecule has 3 heteroatoms. The maximum Gasteiger partial charge on any atom is 0.123 e. The van der Waals surface area contributed by atoms with Crippen LogP contribution in [0.2, 0.25) is 0 Å². The number of hydrogen-bond acceptors (Lipinski definition) is 2. The first-order valence-corrected chi connectivity index (χ1v) is 6.84. The van der Waals surface area contributed by atoms with E-state index in [9.17, 15) is 4.39 Å². The van der Waals surface area contributed by atoms with Crippen LogP contribution in [0.15, 0.2) is 24.3 Å². The Labute approximate surface area is 112 Å². The molecule has 2 rings (SSSR count). The fourth-order valence-corrected chi connectivity index (χ4v) is 3.50. The largest absolute Gasteiger partial charge is 0.309 e. The first-order valence-electron chi connectivity index (χ1n) is 6.02. The topological polar surface area (TPSA) is 12.0 Å². The zero-order chi connectivity index (χ0) is 13.3. The Morgan fingerprint density at radius 3 is 2.33 bits per heavy atom. The van der Waals surface area contributed by atoms with E-state index in [1.807, 2.05) is 20.0 Å². The molecule has 18 heavy (non-hydrogen) atoms. The molecule has 96 valence electrons. The van der Waals surface area contributed by atoms with Crippen LogP contribution in [0.25, 0.3) is 0 Å². The van der Waals surface area contributed by atoms with Crippen molar-refractivity contribution in [1.29, 1.82) is 0 Å². The van der Waals surface area contributed by atoms with E-state index in [2.05, 4.69) is 25.2 Å². The molecular weight excluding hydrogens is 245 g/mol. The predicted octanol–water partition coefficient (Wildman–Crippen LogP) is 4.12. The van der Waals surface area contributed by atoms with E-state index in [-0.39, 0.29) is 11.9 Å². The zero-order valence-corrected chi connectivity index (χ0v) is 12.0. The molecule has 0 aliphatic heterocycles. The Morgan fingerprint density at radius 2 is 1.83 bits per heavy atom. The van der Waals surface area contributed by atoms with Crippen molar-refractivity contribution in [2.24, 2.45) is 0 Å². The van der Waals surface area contributed by atoms with Crippen LogP contribution in [0, 0.1) is 26.6 Å². The summed E-state index contributed by atoms with van der Waals surface area (Å²) in [6.07, 6.45) is 0. The Bertz CT molecular complexity index is 539. The lowest BCUT2D eigenvalue weighted by molar-refractivity contribution is 0.616. The van der Waals surface area contributed by atoms with Gasteiger partial charge in [-0.25, -0.2) is 4.39 Å². The van der Waals surface area contributed by atoms with Gasteiger partial charge in [-0.1, -0.05) is 6.07 Å². The Kier molecular flexibility index (Phi) is 3.83. The van der Waals surface area contributed by atoms with Gasteiger partial charge in [0.15, 0.2) is 0 Å². The minimum atomic E-state index is -0.170. The molecule has 1 aromatic carbocycles. The monoisotopic (exact) mass is 263 g/mol. The van der Waals surface area contributed by atoms with Crippen LogP contribution in [0.5, 0.6) is 0 Å². The molecule has 0 fully saturated rings. The normalized spacial score (nSPS) is 12.7. The lowest BCUT2D eigenvalue weighted by atomic mass is 10.0. The number of benzene rings is 1. The molecule has 1 nitrogen and oxygen atoms in total. The van der Waals surface area contributed by atoms with Crippen molar-refractivity contribution >= 4 is 11.3 Å². The third-order valence-electron chi connectivity index (χ3n) is 3.03. The number of rotatable bonds is 3. The van der Waals surface area contributed by atoms with Gasteiger partial charge in [-0.15, -0.1) is 11.3 Å². The van der Waals surface area contributed by atoms with Crippen LogP contribution in [0.1, 0.15) is 32.5 Å². The van der Waals surface area contributed by atoms with Crippen molar-refractivity contribution in [1.82, 2.24) is 5.32 Å². The number of halogens is 1. The van der Waals surface area contributed by atoms with Gasteiger partial charge in [0.2, 0.25) is 0 Å². The molecule has 1 N–H and O–H groups in total. The van der Waals surface area contributed by atoms with E-state index in [1.54, 1.807) is 23.5 Å². The summed E-state index contributed by atoms with van der Waals surface area (Å²) in [5, 5.41) is 3.29. The summed E-state index contributed by atoms with van der Waals surface area (Å²) in [5.41, 5.74) is 3.20. The maximum atomic E-state index is 13.5. The molecule has 1 atom stereocenters. The van der Waals surface area contributed by atoms with Gasteiger partial charge in [0.05, 0.1) is 6.04 Å². The van der Waals surface area contributed by atoms with Crippen LogP contribution >= 0.6 is 11.3 Å². The van der Waals surface area contributed by atoms with E-state index in [0.717, 1.165) is 11.1 Å². The molecule has 2 aromatic rings. The van der Waals surface area contributed by atoms with E-state index in [0.29, 0.717) is 0 Å². The molecule has 0 amide bonds. The molecule has 1 unspecified atom stereocenters. The summed E-state index contributed by atoms with van der Waals surface area (Å²) in [6.45, 7) is 6.13. The molecule has 0 saturated heterocycles. The Balaban J connectivity index is 2.48. The van der Waals surface area contributed by atoms with Gasteiger partial charge < -0.3 is 5.32 Å². The molecule has 1 heterocycles.